The standard InChI is InChI=1S/C11H13Cl2NO2/c1-2-3-4-16-11(15)7-5-8(12)10(14)9(13)6-7/h5-6H,2-4,14H2,1H3. The number of unbranched alkanes of at least 4 members (excludes halogenated alkanes) is 1. The summed E-state index contributed by atoms with van der Waals surface area (Å²) in [5, 5.41) is 0.518. The van der Waals surface area contributed by atoms with Gasteiger partial charge in [-0.2, -0.15) is 0 Å². The van der Waals surface area contributed by atoms with Gasteiger partial charge in [-0.1, -0.05) is 36.5 Å². The van der Waals surface area contributed by atoms with Crippen molar-refractivity contribution in [2.75, 3.05) is 12.3 Å². The van der Waals surface area contributed by atoms with E-state index in [0.29, 0.717) is 12.2 Å². The largest absolute Gasteiger partial charge is 0.462 e. The topological polar surface area (TPSA) is 52.3 Å². The third-order valence-electron chi connectivity index (χ3n) is 2.05. The molecule has 0 aromatic heterocycles. The van der Waals surface area contributed by atoms with Crippen molar-refractivity contribution in [2.24, 2.45) is 0 Å². The number of anilines is 1. The Morgan fingerprint density at radius 3 is 2.44 bits per heavy atom. The molecule has 1 aromatic carbocycles. The van der Waals surface area contributed by atoms with E-state index in [9.17, 15) is 4.79 Å². The zero-order valence-electron chi connectivity index (χ0n) is 8.93. The van der Waals surface area contributed by atoms with E-state index in [2.05, 4.69) is 0 Å². The minimum Gasteiger partial charge on any atom is -0.462 e. The quantitative estimate of drug-likeness (QED) is 0.513. The fourth-order valence-electron chi connectivity index (χ4n) is 1.09. The van der Waals surface area contributed by atoms with Gasteiger partial charge in [-0.05, 0) is 18.6 Å². The molecule has 0 unspecified atom stereocenters. The summed E-state index contributed by atoms with van der Waals surface area (Å²) in [6.07, 6.45) is 1.80. The summed E-state index contributed by atoms with van der Waals surface area (Å²) in [5.74, 6) is -0.433. The third-order valence-corrected chi connectivity index (χ3v) is 2.67. The van der Waals surface area contributed by atoms with E-state index in [-0.39, 0.29) is 15.7 Å². The number of esters is 1. The zero-order chi connectivity index (χ0) is 12.1. The Kier molecular flexibility index (Phi) is 4.90. The van der Waals surface area contributed by atoms with Gasteiger partial charge in [0.25, 0.3) is 0 Å². The molecule has 3 nitrogen and oxygen atoms in total. The molecule has 0 atom stereocenters. The summed E-state index contributed by atoms with van der Waals surface area (Å²) < 4.78 is 5.02. The molecule has 0 aliphatic rings. The SMILES string of the molecule is CCCCOC(=O)c1cc(Cl)c(N)c(Cl)c1. The molecule has 16 heavy (non-hydrogen) atoms. The second-order valence-electron chi connectivity index (χ2n) is 3.34. The van der Waals surface area contributed by atoms with Crippen molar-refractivity contribution in [3.8, 4) is 0 Å². The Morgan fingerprint density at radius 1 is 1.38 bits per heavy atom. The first kappa shape index (κ1) is 13.1. The van der Waals surface area contributed by atoms with Crippen molar-refractivity contribution in [1.82, 2.24) is 0 Å². The number of rotatable bonds is 4. The number of benzene rings is 1. The minimum atomic E-state index is -0.433. The van der Waals surface area contributed by atoms with Crippen LogP contribution in [-0.4, -0.2) is 12.6 Å². The molecule has 0 amide bonds. The lowest BCUT2D eigenvalue weighted by molar-refractivity contribution is 0.0500. The van der Waals surface area contributed by atoms with Crippen LogP contribution in [0.3, 0.4) is 0 Å². The maximum Gasteiger partial charge on any atom is 0.338 e. The maximum atomic E-state index is 11.6. The number of carbonyl (C=O) groups excluding carboxylic acids is 1. The normalized spacial score (nSPS) is 10.2. The van der Waals surface area contributed by atoms with Crippen LogP contribution in [0.1, 0.15) is 30.1 Å². The average molecular weight is 262 g/mol. The molecule has 0 fully saturated rings. The molecular formula is C11H13Cl2NO2. The van der Waals surface area contributed by atoms with Crippen LogP contribution in [0.4, 0.5) is 5.69 Å². The highest BCUT2D eigenvalue weighted by atomic mass is 35.5. The van der Waals surface area contributed by atoms with Crippen LogP contribution in [0.25, 0.3) is 0 Å². The Balaban J connectivity index is 2.76. The van der Waals surface area contributed by atoms with Gasteiger partial charge in [0.15, 0.2) is 0 Å². The van der Waals surface area contributed by atoms with Gasteiger partial charge in [0.05, 0.1) is 27.9 Å². The Labute approximate surface area is 104 Å². The molecule has 2 N–H and O–H groups in total. The minimum absolute atomic E-state index is 0.259. The molecule has 0 aliphatic carbocycles. The molecule has 0 radical (unpaired) electrons. The fourth-order valence-corrected chi connectivity index (χ4v) is 1.58. The summed E-state index contributed by atoms with van der Waals surface area (Å²) >= 11 is 11.6. The highest BCUT2D eigenvalue weighted by Gasteiger charge is 2.12. The van der Waals surface area contributed by atoms with Crippen LogP contribution in [-0.2, 0) is 4.74 Å². The van der Waals surface area contributed by atoms with E-state index in [1.165, 1.54) is 12.1 Å². The Bertz CT molecular complexity index is 371. The molecule has 0 heterocycles. The number of ether oxygens (including phenoxy) is 1. The van der Waals surface area contributed by atoms with Crippen molar-refractivity contribution >= 4 is 34.9 Å². The van der Waals surface area contributed by atoms with Gasteiger partial charge in [-0.15, -0.1) is 0 Å². The van der Waals surface area contributed by atoms with Gasteiger partial charge in [0.2, 0.25) is 0 Å². The Morgan fingerprint density at radius 2 is 1.94 bits per heavy atom. The van der Waals surface area contributed by atoms with Crippen molar-refractivity contribution in [3.63, 3.8) is 0 Å². The first-order valence-electron chi connectivity index (χ1n) is 4.98. The van der Waals surface area contributed by atoms with Gasteiger partial charge in [0.1, 0.15) is 0 Å². The van der Waals surface area contributed by atoms with Crippen molar-refractivity contribution < 1.29 is 9.53 Å². The summed E-state index contributed by atoms with van der Waals surface area (Å²) in [7, 11) is 0. The van der Waals surface area contributed by atoms with E-state index in [4.69, 9.17) is 33.7 Å². The van der Waals surface area contributed by atoms with Gasteiger partial charge < -0.3 is 10.5 Å². The van der Waals surface area contributed by atoms with E-state index in [0.717, 1.165) is 12.8 Å². The monoisotopic (exact) mass is 261 g/mol. The molecule has 0 bridgehead atoms. The molecule has 88 valence electrons. The van der Waals surface area contributed by atoms with Crippen LogP contribution >= 0.6 is 23.2 Å². The summed E-state index contributed by atoms with van der Waals surface area (Å²) in [4.78, 5) is 11.6. The number of hydrogen-bond donors (Lipinski definition) is 1. The first-order chi connectivity index (χ1) is 7.56. The molecule has 0 saturated heterocycles. The van der Waals surface area contributed by atoms with Crippen molar-refractivity contribution in [3.05, 3.63) is 27.7 Å². The van der Waals surface area contributed by atoms with Crippen LogP contribution in [0.5, 0.6) is 0 Å². The van der Waals surface area contributed by atoms with E-state index in [1.807, 2.05) is 6.92 Å². The highest BCUT2D eigenvalue weighted by Crippen LogP contribution is 2.29. The van der Waals surface area contributed by atoms with Crippen LogP contribution in [0, 0.1) is 0 Å². The number of nitrogens with two attached hydrogens (primary N) is 1. The number of halogens is 2. The maximum absolute atomic E-state index is 11.6. The van der Waals surface area contributed by atoms with Gasteiger partial charge >= 0.3 is 5.97 Å². The van der Waals surface area contributed by atoms with Crippen LogP contribution in [0.2, 0.25) is 10.0 Å². The second-order valence-corrected chi connectivity index (χ2v) is 4.16. The lowest BCUT2D eigenvalue weighted by atomic mass is 10.2. The lowest BCUT2D eigenvalue weighted by Gasteiger charge is -2.06. The predicted molar refractivity (Wildman–Crippen MR) is 66.1 cm³/mol. The fraction of sp³-hybridized carbons (Fsp3) is 0.364. The molecule has 5 heteroatoms. The molecule has 0 aliphatic heterocycles. The lowest BCUT2D eigenvalue weighted by Crippen LogP contribution is -2.07. The number of nitrogen functional groups attached to an aromatic ring is 1. The highest BCUT2D eigenvalue weighted by molar-refractivity contribution is 6.39. The third kappa shape index (κ3) is 3.29. The summed E-state index contributed by atoms with van der Waals surface area (Å²) in [6, 6.07) is 2.91. The predicted octanol–water partition coefficient (Wildman–Crippen LogP) is 3.53. The average Bonchev–Trinajstić information content (AvgIpc) is 2.25. The zero-order valence-corrected chi connectivity index (χ0v) is 10.4. The van der Waals surface area contributed by atoms with E-state index in [1.54, 1.807) is 0 Å². The summed E-state index contributed by atoms with van der Waals surface area (Å²) in [6.45, 7) is 2.42. The van der Waals surface area contributed by atoms with Crippen molar-refractivity contribution in [2.45, 2.75) is 19.8 Å². The first-order valence-corrected chi connectivity index (χ1v) is 5.73. The summed E-state index contributed by atoms with van der Waals surface area (Å²) in [5.41, 5.74) is 6.15. The molecule has 0 saturated carbocycles. The number of hydrogen-bond acceptors (Lipinski definition) is 3. The van der Waals surface area contributed by atoms with Gasteiger partial charge in [0, 0.05) is 0 Å². The Hall–Kier alpha value is -0.930. The number of carbonyl (C=O) groups is 1. The second kappa shape index (κ2) is 5.97. The molecule has 1 rings (SSSR count). The van der Waals surface area contributed by atoms with Crippen molar-refractivity contribution in [1.29, 1.82) is 0 Å². The molecular weight excluding hydrogens is 249 g/mol. The van der Waals surface area contributed by atoms with Crippen LogP contribution in [0.15, 0.2) is 12.1 Å². The van der Waals surface area contributed by atoms with E-state index < -0.39 is 5.97 Å². The van der Waals surface area contributed by atoms with Crippen LogP contribution < -0.4 is 5.73 Å². The van der Waals surface area contributed by atoms with E-state index >= 15 is 0 Å². The molecule has 0 spiro atoms. The molecule has 1 aromatic rings. The van der Waals surface area contributed by atoms with Gasteiger partial charge in [-0.25, -0.2) is 4.79 Å². The smallest absolute Gasteiger partial charge is 0.338 e. The van der Waals surface area contributed by atoms with Gasteiger partial charge in [-0.3, -0.25) is 0 Å².